The summed E-state index contributed by atoms with van der Waals surface area (Å²) in [7, 11) is 0. The summed E-state index contributed by atoms with van der Waals surface area (Å²) in [4.78, 5) is 27.2. The van der Waals surface area contributed by atoms with E-state index < -0.39 is 0 Å². The van der Waals surface area contributed by atoms with E-state index >= 15 is 0 Å². The molecule has 32 heavy (non-hydrogen) atoms. The number of piperidine rings is 1. The quantitative estimate of drug-likeness (QED) is 0.486. The van der Waals surface area contributed by atoms with Crippen molar-refractivity contribution in [2.24, 2.45) is 5.10 Å². The molecule has 2 aromatic rings. The second kappa shape index (κ2) is 10.2. The van der Waals surface area contributed by atoms with E-state index in [1.807, 2.05) is 6.08 Å². The number of rotatable bonds is 8. The maximum absolute atomic E-state index is 12.5. The van der Waals surface area contributed by atoms with E-state index in [1.54, 1.807) is 18.5 Å². The van der Waals surface area contributed by atoms with Gasteiger partial charge in [-0.1, -0.05) is 20.3 Å². The predicted molar refractivity (Wildman–Crippen MR) is 128 cm³/mol. The van der Waals surface area contributed by atoms with Gasteiger partial charge in [-0.3, -0.25) is 4.79 Å². The lowest BCUT2D eigenvalue weighted by Crippen LogP contribution is -2.30. The van der Waals surface area contributed by atoms with Crippen LogP contribution in [0, 0.1) is 6.92 Å². The fourth-order valence-corrected chi connectivity index (χ4v) is 4.83. The van der Waals surface area contributed by atoms with Crippen LogP contribution >= 0.6 is 0 Å². The van der Waals surface area contributed by atoms with Crippen molar-refractivity contribution in [1.82, 2.24) is 25.3 Å². The Balaban J connectivity index is 1.53. The van der Waals surface area contributed by atoms with Crippen molar-refractivity contribution in [2.45, 2.75) is 65.2 Å². The minimum absolute atomic E-state index is 0.225. The van der Waals surface area contributed by atoms with Crippen molar-refractivity contribution in [1.29, 1.82) is 0 Å². The lowest BCUT2D eigenvalue weighted by atomic mass is 9.93. The van der Waals surface area contributed by atoms with Crippen LogP contribution in [0.25, 0.3) is 6.08 Å². The molecule has 0 bridgehead atoms. The van der Waals surface area contributed by atoms with Crippen LogP contribution in [0.15, 0.2) is 29.1 Å². The number of carbonyl (C=O) groups excluding carboxylic acids is 1. The molecule has 0 saturated carbocycles. The molecule has 4 heterocycles. The van der Waals surface area contributed by atoms with Crippen LogP contribution in [0.5, 0.6) is 0 Å². The Morgan fingerprint density at radius 3 is 2.59 bits per heavy atom. The van der Waals surface area contributed by atoms with Gasteiger partial charge >= 0.3 is 0 Å². The molecule has 0 atom stereocenters. The molecule has 1 amide bonds. The minimum Gasteiger partial charge on any atom is -0.359 e. The number of aromatic nitrogens is 3. The SMILES string of the molecule is Cc1[nH]c(C=C2C(=O)NN=C2c2ncccn2)c(C(C)C)c1CCCCN1CCCCC1. The van der Waals surface area contributed by atoms with Gasteiger partial charge in [-0.2, -0.15) is 5.10 Å². The minimum atomic E-state index is -0.225. The summed E-state index contributed by atoms with van der Waals surface area (Å²) in [5.41, 5.74) is 8.40. The standard InChI is InChI=1S/C25H34N6O/c1-17(2)22-19(10-5-8-15-31-13-6-4-7-14-31)18(3)28-21(22)16-20-23(29-30-25(20)32)24-26-11-9-12-27-24/h9,11-12,16-17,28H,4-8,10,13-15H2,1-3H3,(H,30,32). The Morgan fingerprint density at radius 1 is 1.12 bits per heavy atom. The van der Waals surface area contributed by atoms with Crippen LogP contribution in [0.2, 0.25) is 0 Å². The van der Waals surface area contributed by atoms with Crippen LogP contribution in [-0.2, 0) is 11.2 Å². The zero-order chi connectivity index (χ0) is 22.5. The number of unbranched alkanes of at least 4 members (excludes halogenated alkanes) is 1. The number of nitrogens with one attached hydrogen (secondary N) is 2. The van der Waals surface area contributed by atoms with Crippen molar-refractivity contribution < 1.29 is 4.79 Å². The van der Waals surface area contributed by atoms with Crippen LogP contribution < -0.4 is 5.43 Å². The zero-order valence-electron chi connectivity index (χ0n) is 19.4. The highest BCUT2D eigenvalue weighted by Gasteiger charge is 2.27. The number of hydrazone groups is 1. The second-order valence-corrected chi connectivity index (χ2v) is 9.10. The molecule has 170 valence electrons. The molecule has 2 aromatic heterocycles. The Hall–Kier alpha value is -2.80. The number of aromatic amines is 1. The number of nitrogens with zero attached hydrogens (tertiary/aromatic N) is 4. The predicted octanol–water partition coefficient (Wildman–Crippen LogP) is 3.96. The van der Waals surface area contributed by atoms with Crippen molar-refractivity contribution in [3.8, 4) is 0 Å². The van der Waals surface area contributed by atoms with E-state index in [0.29, 0.717) is 23.0 Å². The normalized spacial score (nSPS) is 18.4. The summed E-state index contributed by atoms with van der Waals surface area (Å²) in [6.07, 6.45) is 12.8. The van der Waals surface area contributed by atoms with Gasteiger partial charge in [-0.25, -0.2) is 15.4 Å². The molecule has 0 aromatic carbocycles. The molecule has 2 aliphatic rings. The van der Waals surface area contributed by atoms with Gasteiger partial charge in [0.15, 0.2) is 5.82 Å². The summed E-state index contributed by atoms with van der Waals surface area (Å²) >= 11 is 0. The summed E-state index contributed by atoms with van der Waals surface area (Å²) in [6.45, 7) is 10.3. The molecule has 0 radical (unpaired) electrons. The number of amides is 1. The summed E-state index contributed by atoms with van der Waals surface area (Å²) < 4.78 is 0. The van der Waals surface area contributed by atoms with Crippen LogP contribution in [0.4, 0.5) is 0 Å². The van der Waals surface area contributed by atoms with Gasteiger partial charge in [-0.05, 0) is 87.8 Å². The Labute approximate surface area is 190 Å². The fourth-order valence-electron chi connectivity index (χ4n) is 4.83. The van der Waals surface area contributed by atoms with E-state index in [0.717, 1.165) is 12.1 Å². The van der Waals surface area contributed by atoms with Gasteiger partial charge in [0.1, 0.15) is 5.71 Å². The molecule has 1 saturated heterocycles. The van der Waals surface area contributed by atoms with Gasteiger partial charge in [-0.15, -0.1) is 0 Å². The molecule has 7 nitrogen and oxygen atoms in total. The third kappa shape index (κ3) is 4.99. The summed E-state index contributed by atoms with van der Waals surface area (Å²) in [5.74, 6) is 0.573. The van der Waals surface area contributed by atoms with E-state index in [9.17, 15) is 4.79 Å². The molecule has 0 unspecified atom stereocenters. The highest BCUT2D eigenvalue weighted by Crippen LogP contribution is 2.30. The lowest BCUT2D eigenvalue weighted by Gasteiger charge is -2.26. The average Bonchev–Trinajstić information content (AvgIpc) is 3.32. The molecular formula is C25H34N6O. The van der Waals surface area contributed by atoms with E-state index in [-0.39, 0.29) is 5.91 Å². The number of H-pyrrole nitrogens is 1. The number of likely N-dealkylation sites (tertiary alicyclic amines) is 1. The monoisotopic (exact) mass is 434 g/mol. The topological polar surface area (TPSA) is 86.3 Å². The van der Waals surface area contributed by atoms with Gasteiger partial charge in [0.25, 0.3) is 5.91 Å². The zero-order valence-corrected chi connectivity index (χ0v) is 19.4. The number of aryl methyl sites for hydroxylation is 1. The van der Waals surface area contributed by atoms with Crippen molar-refractivity contribution >= 4 is 17.7 Å². The van der Waals surface area contributed by atoms with Gasteiger partial charge in [0.2, 0.25) is 0 Å². The number of carbonyl (C=O) groups is 1. The molecule has 2 aliphatic heterocycles. The van der Waals surface area contributed by atoms with E-state index in [1.165, 1.54) is 68.6 Å². The smallest absolute Gasteiger partial charge is 0.273 e. The molecule has 0 spiro atoms. The Kier molecular flexibility index (Phi) is 7.15. The highest BCUT2D eigenvalue weighted by atomic mass is 16.2. The Morgan fingerprint density at radius 2 is 1.88 bits per heavy atom. The van der Waals surface area contributed by atoms with Gasteiger partial charge in [0.05, 0.1) is 5.57 Å². The summed E-state index contributed by atoms with van der Waals surface area (Å²) in [6, 6.07) is 1.75. The molecule has 2 N–H and O–H groups in total. The number of hydrogen-bond acceptors (Lipinski definition) is 5. The molecule has 7 heteroatoms. The average molecular weight is 435 g/mol. The maximum atomic E-state index is 12.5. The van der Waals surface area contributed by atoms with Crippen LogP contribution in [-0.4, -0.2) is 51.1 Å². The van der Waals surface area contributed by atoms with Crippen molar-refractivity contribution in [3.63, 3.8) is 0 Å². The van der Waals surface area contributed by atoms with Crippen LogP contribution in [0.3, 0.4) is 0 Å². The fraction of sp³-hybridized carbons (Fsp3) is 0.520. The molecule has 4 rings (SSSR count). The lowest BCUT2D eigenvalue weighted by molar-refractivity contribution is -0.116. The first-order valence-corrected chi connectivity index (χ1v) is 11.9. The number of hydrogen-bond donors (Lipinski definition) is 2. The van der Waals surface area contributed by atoms with Crippen molar-refractivity contribution in [3.05, 3.63) is 52.4 Å². The first-order valence-electron chi connectivity index (χ1n) is 11.9. The van der Waals surface area contributed by atoms with Gasteiger partial charge < -0.3 is 9.88 Å². The summed E-state index contributed by atoms with van der Waals surface area (Å²) in [5, 5.41) is 4.18. The first kappa shape index (κ1) is 22.4. The van der Waals surface area contributed by atoms with E-state index in [4.69, 9.17) is 0 Å². The highest BCUT2D eigenvalue weighted by molar-refractivity contribution is 6.32. The van der Waals surface area contributed by atoms with Crippen molar-refractivity contribution in [2.75, 3.05) is 19.6 Å². The largest absolute Gasteiger partial charge is 0.359 e. The third-order valence-electron chi connectivity index (χ3n) is 6.40. The Bertz CT molecular complexity index is 999. The molecule has 1 fully saturated rings. The maximum Gasteiger partial charge on any atom is 0.273 e. The van der Waals surface area contributed by atoms with E-state index in [2.05, 4.69) is 51.2 Å². The first-order chi connectivity index (χ1) is 15.5. The third-order valence-corrected chi connectivity index (χ3v) is 6.40. The second-order valence-electron chi connectivity index (χ2n) is 9.10. The van der Waals surface area contributed by atoms with Crippen LogP contribution in [0.1, 0.15) is 80.2 Å². The molecular weight excluding hydrogens is 400 g/mol. The molecule has 0 aliphatic carbocycles. The van der Waals surface area contributed by atoms with Gasteiger partial charge in [0, 0.05) is 23.8 Å².